The molecule has 1 aliphatic heterocycles. The lowest BCUT2D eigenvalue weighted by molar-refractivity contribution is 0.552. The first-order valence-electron chi connectivity index (χ1n) is 5.64. The first kappa shape index (κ1) is 11.4. The maximum Gasteiger partial charge on any atom is 0.155 e. The summed E-state index contributed by atoms with van der Waals surface area (Å²) in [4.78, 5) is 0. The Kier molecular flexibility index (Phi) is 2.67. The minimum absolute atomic E-state index is 0.469. The molecule has 0 spiro atoms. The van der Waals surface area contributed by atoms with Crippen LogP contribution in [0.3, 0.4) is 0 Å². The quantitative estimate of drug-likeness (QED) is 0.790. The zero-order chi connectivity index (χ0) is 12.6. The number of rotatable bonds is 2. The second-order valence-corrected chi connectivity index (χ2v) is 5.07. The van der Waals surface area contributed by atoms with Crippen LogP contribution in [0.1, 0.15) is 18.2 Å². The SMILES string of the molecule is CC1(c2ccccc2)N=NC(c2ccco2)=C1Br. The Morgan fingerprint density at radius 1 is 1.11 bits per heavy atom. The largest absolute Gasteiger partial charge is 0.463 e. The molecule has 2 heterocycles. The van der Waals surface area contributed by atoms with E-state index in [2.05, 4.69) is 26.2 Å². The molecule has 3 nitrogen and oxygen atoms in total. The number of benzene rings is 1. The molecule has 1 aliphatic rings. The Hall–Kier alpha value is -1.68. The van der Waals surface area contributed by atoms with Gasteiger partial charge >= 0.3 is 0 Å². The van der Waals surface area contributed by atoms with Crippen LogP contribution in [-0.2, 0) is 5.54 Å². The van der Waals surface area contributed by atoms with E-state index in [1.54, 1.807) is 6.26 Å². The van der Waals surface area contributed by atoms with Gasteiger partial charge in [0.15, 0.2) is 5.76 Å². The predicted molar refractivity (Wildman–Crippen MR) is 73.2 cm³/mol. The molecule has 0 saturated heterocycles. The van der Waals surface area contributed by atoms with E-state index < -0.39 is 5.54 Å². The third-order valence-corrected chi connectivity index (χ3v) is 4.22. The highest BCUT2D eigenvalue weighted by Gasteiger charge is 2.37. The van der Waals surface area contributed by atoms with E-state index in [1.165, 1.54) is 0 Å². The van der Waals surface area contributed by atoms with E-state index in [4.69, 9.17) is 4.42 Å². The minimum atomic E-state index is -0.469. The van der Waals surface area contributed by atoms with E-state index in [-0.39, 0.29) is 0 Å². The van der Waals surface area contributed by atoms with Crippen molar-refractivity contribution in [2.45, 2.75) is 12.5 Å². The first-order chi connectivity index (χ1) is 8.72. The third kappa shape index (κ3) is 1.64. The molecule has 0 radical (unpaired) electrons. The summed E-state index contributed by atoms with van der Waals surface area (Å²) in [7, 11) is 0. The van der Waals surface area contributed by atoms with Gasteiger partial charge in [0.05, 0.1) is 10.7 Å². The molecule has 3 rings (SSSR count). The van der Waals surface area contributed by atoms with E-state index >= 15 is 0 Å². The van der Waals surface area contributed by atoms with Gasteiger partial charge in [-0.3, -0.25) is 0 Å². The Labute approximate surface area is 113 Å². The van der Waals surface area contributed by atoms with Crippen molar-refractivity contribution in [1.29, 1.82) is 0 Å². The monoisotopic (exact) mass is 302 g/mol. The zero-order valence-electron chi connectivity index (χ0n) is 9.80. The summed E-state index contributed by atoms with van der Waals surface area (Å²) in [6.45, 7) is 2.03. The molecule has 18 heavy (non-hydrogen) atoms. The van der Waals surface area contributed by atoms with E-state index in [9.17, 15) is 0 Å². The minimum Gasteiger partial charge on any atom is -0.463 e. The molecule has 0 N–H and O–H groups in total. The van der Waals surface area contributed by atoms with Crippen LogP contribution >= 0.6 is 15.9 Å². The fourth-order valence-corrected chi connectivity index (χ4v) is 2.57. The number of hydrogen-bond donors (Lipinski definition) is 0. The van der Waals surface area contributed by atoms with Crippen LogP contribution in [-0.4, -0.2) is 0 Å². The molecule has 4 heteroatoms. The molecule has 1 unspecified atom stereocenters. The molecular weight excluding hydrogens is 292 g/mol. The molecule has 0 fully saturated rings. The standard InChI is InChI=1S/C14H11BrN2O/c1-14(10-6-3-2-4-7-10)13(15)12(16-17-14)11-8-5-9-18-11/h2-9H,1H3. The van der Waals surface area contributed by atoms with Crippen molar-refractivity contribution >= 4 is 21.6 Å². The second kappa shape index (κ2) is 4.21. The third-order valence-electron chi connectivity index (χ3n) is 3.08. The number of halogens is 1. The van der Waals surface area contributed by atoms with Crippen LogP contribution in [0.5, 0.6) is 0 Å². The average Bonchev–Trinajstić information content (AvgIpc) is 3.01. The van der Waals surface area contributed by atoms with Crippen molar-refractivity contribution in [1.82, 2.24) is 0 Å². The van der Waals surface area contributed by atoms with E-state index in [0.29, 0.717) is 0 Å². The summed E-state index contributed by atoms with van der Waals surface area (Å²) in [5, 5.41) is 8.65. The molecule has 1 aromatic carbocycles. The highest BCUT2D eigenvalue weighted by molar-refractivity contribution is 9.12. The van der Waals surface area contributed by atoms with Crippen molar-refractivity contribution in [3.63, 3.8) is 0 Å². The molecule has 1 aromatic heterocycles. The zero-order valence-corrected chi connectivity index (χ0v) is 11.4. The summed E-state index contributed by atoms with van der Waals surface area (Å²) >= 11 is 3.62. The Balaban J connectivity index is 2.10. The van der Waals surface area contributed by atoms with Crippen LogP contribution in [0.2, 0.25) is 0 Å². The molecule has 90 valence electrons. The average molecular weight is 303 g/mol. The maximum absolute atomic E-state index is 5.38. The van der Waals surface area contributed by atoms with Gasteiger partial charge in [-0.1, -0.05) is 30.3 Å². The second-order valence-electron chi connectivity index (χ2n) is 4.28. The topological polar surface area (TPSA) is 37.9 Å². The van der Waals surface area contributed by atoms with Crippen LogP contribution in [0.15, 0.2) is 67.9 Å². The van der Waals surface area contributed by atoms with Gasteiger partial charge in [-0.05, 0) is 40.5 Å². The molecular formula is C14H11BrN2O. The van der Waals surface area contributed by atoms with Gasteiger partial charge in [-0.15, -0.1) is 5.11 Å². The van der Waals surface area contributed by atoms with Crippen molar-refractivity contribution in [2.75, 3.05) is 0 Å². The van der Waals surface area contributed by atoms with Crippen LogP contribution in [0.4, 0.5) is 0 Å². The fraction of sp³-hybridized carbons (Fsp3) is 0.143. The van der Waals surface area contributed by atoms with E-state index in [1.807, 2.05) is 49.4 Å². The maximum atomic E-state index is 5.38. The summed E-state index contributed by atoms with van der Waals surface area (Å²) < 4.78 is 6.30. The van der Waals surface area contributed by atoms with Gasteiger partial charge in [-0.25, -0.2) is 0 Å². The van der Waals surface area contributed by atoms with Gasteiger partial charge in [0.25, 0.3) is 0 Å². The van der Waals surface area contributed by atoms with Gasteiger partial charge in [0.1, 0.15) is 11.2 Å². The molecule has 0 bridgehead atoms. The Morgan fingerprint density at radius 3 is 2.56 bits per heavy atom. The highest BCUT2D eigenvalue weighted by atomic mass is 79.9. The summed E-state index contributed by atoms with van der Waals surface area (Å²) in [6, 6.07) is 13.8. The van der Waals surface area contributed by atoms with Crippen LogP contribution in [0.25, 0.3) is 5.70 Å². The van der Waals surface area contributed by atoms with E-state index in [0.717, 1.165) is 21.5 Å². The first-order valence-corrected chi connectivity index (χ1v) is 6.44. The van der Waals surface area contributed by atoms with Crippen molar-refractivity contribution < 1.29 is 4.42 Å². The van der Waals surface area contributed by atoms with Crippen molar-refractivity contribution in [3.8, 4) is 0 Å². The predicted octanol–water partition coefficient (Wildman–Crippen LogP) is 4.72. The van der Waals surface area contributed by atoms with Gasteiger partial charge < -0.3 is 4.42 Å². The lowest BCUT2D eigenvalue weighted by Crippen LogP contribution is -2.16. The number of furan rings is 1. The smallest absolute Gasteiger partial charge is 0.155 e. The number of azo groups is 1. The fourth-order valence-electron chi connectivity index (χ4n) is 1.99. The van der Waals surface area contributed by atoms with Gasteiger partial charge in [0, 0.05) is 0 Å². The Morgan fingerprint density at radius 2 is 1.89 bits per heavy atom. The summed E-state index contributed by atoms with van der Waals surface area (Å²) in [5.74, 6) is 0.727. The number of hydrogen-bond acceptors (Lipinski definition) is 3. The lowest BCUT2D eigenvalue weighted by atomic mass is 9.92. The summed E-state index contributed by atoms with van der Waals surface area (Å²) in [6.07, 6.45) is 1.64. The number of nitrogens with zero attached hydrogens (tertiary/aromatic N) is 2. The molecule has 2 aromatic rings. The van der Waals surface area contributed by atoms with Gasteiger partial charge in [0.2, 0.25) is 0 Å². The lowest BCUT2D eigenvalue weighted by Gasteiger charge is -2.20. The highest BCUT2D eigenvalue weighted by Crippen LogP contribution is 2.46. The molecule has 0 saturated carbocycles. The van der Waals surface area contributed by atoms with Crippen molar-refractivity contribution in [3.05, 3.63) is 64.5 Å². The van der Waals surface area contributed by atoms with Crippen molar-refractivity contribution in [2.24, 2.45) is 10.2 Å². The summed E-state index contributed by atoms with van der Waals surface area (Å²) in [5.41, 5.74) is 1.39. The van der Waals surface area contributed by atoms with Crippen LogP contribution < -0.4 is 0 Å². The van der Waals surface area contributed by atoms with Gasteiger partial charge in [-0.2, -0.15) is 5.11 Å². The van der Waals surface area contributed by atoms with Crippen LogP contribution in [0, 0.1) is 0 Å². The normalized spacial score (nSPS) is 22.8. The molecule has 0 aliphatic carbocycles. The Bertz CT molecular complexity index is 617. The molecule has 1 atom stereocenters. The molecule has 0 amide bonds.